The minimum atomic E-state index is 0.335. The van der Waals surface area contributed by atoms with Gasteiger partial charge in [-0.3, -0.25) is 0 Å². The molecule has 0 radical (unpaired) electrons. The Hall–Kier alpha value is 0.210. The molecule has 0 aromatic rings. The van der Waals surface area contributed by atoms with E-state index in [1.54, 1.807) is 0 Å². The molecule has 0 heterocycles. The first kappa shape index (κ1) is 14.2. The molecule has 0 aliphatic rings. The van der Waals surface area contributed by atoms with Gasteiger partial charge < -0.3 is 10.1 Å². The fraction of sp³-hybridized carbons (Fsp3) is 1.00. The number of nitrogens with one attached hydrogen (secondary N) is 1. The zero-order valence-corrected chi connectivity index (χ0v) is 10.4. The zero-order chi connectivity index (χ0) is 10.8. The van der Waals surface area contributed by atoms with E-state index in [1.807, 2.05) is 0 Å². The molecule has 14 heavy (non-hydrogen) atoms. The van der Waals surface area contributed by atoms with Gasteiger partial charge >= 0.3 is 0 Å². The highest BCUT2D eigenvalue weighted by Gasteiger charge is 2.04. The lowest BCUT2D eigenvalue weighted by molar-refractivity contribution is 0.0803. The Labute approximate surface area is 93.4 Å². The molecule has 1 unspecified atom stereocenters. The van der Waals surface area contributed by atoms with Gasteiger partial charge in [-0.25, -0.2) is 0 Å². The van der Waals surface area contributed by atoms with Crippen molar-refractivity contribution in [2.24, 2.45) is 5.92 Å². The van der Waals surface area contributed by atoms with Gasteiger partial charge in [-0.1, -0.05) is 13.3 Å². The highest BCUT2D eigenvalue weighted by Crippen LogP contribution is 2.07. The summed E-state index contributed by atoms with van der Waals surface area (Å²) in [6.07, 6.45) is 2.64. The highest BCUT2D eigenvalue weighted by molar-refractivity contribution is 6.17. The van der Waals surface area contributed by atoms with Crippen molar-refractivity contribution < 1.29 is 4.74 Å². The van der Waals surface area contributed by atoms with E-state index in [1.165, 1.54) is 6.42 Å². The number of hydrogen-bond donors (Lipinski definition) is 1. The van der Waals surface area contributed by atoms with E-state index in [0.717, 1.165) is 32.0 Å². The Balaban J connectivity index is 3.24. The van der Waals surface area contributed by atoms with Crippen molar-refractivity contribution in [3.8, 4) is 0 Å². The van der Waals surface area contributed by atoms with Crippen molar-refractivity contribution in [1.82, 2.24) is 5.32 Å². The minimum Gasteiger partial charge on any atom is -0.377 e. The first-order valence-corrected chi connectivity index (χ1v) is 6.12. The molecule has 2 nitrogen and oxygen atoms in total. The molecule has 0 aromatic heterocycles. The van der Waals surface area contributed by atoms with Crippen LogP contribution in [0.4, 0.5) is 0 Å². The number of alkyl halides is 1. The summed E-state index contributed by atoms with van der Waals surface area (Å²) in [5.74, 6) is 1.48. The van der Waals surface area contributed by atoms with Crippen LogP contribution in [0.15, 0.2) is 0 Å². The number of ether oxygens (including phenoxy) is 1. The van der Waals surface area contributed by atoms with Crippen molar-refractivity contribution in [1.29, 1.82) is 0 Å². The van der Waals surface area contributed by atoms with Crippen molar-refractivity contribution in [2.75, 3.05) is 25.6 Å². The molecule has 0 fully saturated rings. The lowest BCUT2D eigenvalue weighted by Crippen LogP contribution is -2.27. The number of halogens is 1. The Morgan fingerprint density at radius 1 is 1.36 bits per heavy atom. The van der Waals surface area contributed by atoms with Crippen LogP contribution < -0.4 is 5.32 Å². The average Bonchev–Trinajstić information content (AvgIpc) is 2.15. The molecule has 0 amide bonds. The van der Waals surface area contributed by atoms with Crippen LogP contribution in [0.25, 0.3) is 0 Å². The molecular weight excluding hydrogens is 198 g/mol. The SMILES string of the molecule is CCC(CCCl)CNCCOC(C)C. The molecule has 0 aromatic carbocycles. The summed E-state index contributed by atoms with van der Waals surface area (Å²) in [5.41, 5.74) is 0. The topological polar surface area (TPSA) is 21.3 Å². The second-order valence-electron chi connectivity index (χ2n) is 3.88. The van der Waals surface area contributed by atoms with E-state index in [0.29, 0.717) is 12.0 Å². The summed E-state index contributed by atoms with van der Waals surface area (Å²) in [6.45, 7) is 9.13. The maximum absolute atomic E-state index is 5.70. The summed E-state index contributed by atoms with van der Waals surface area (Å²) in [4.78, 5) is 0. The van der Waals surface area contributed by atoms with E-state index >= 15 is 0 Å². The van der Waals surface area contributed by atoms with Crippen LogP contribution in [0, 0.1) is 5.92 Å². The summed E-state index contributed by atoms with van der Waals surface area (Å²) < 4.78 is 5.43. The van der Waals surface area contributed by atoms with Crippen LogP contribution in [-0.2, 0) is 4.74 Å². The van der Waals surface area contributed by atoms with E-state index in [2.05, 4.69) is 26.1 Å². The molecule has 0 saturated carbocycles. The highest BCUT2D eigenvalue weighted by atomic mass is 35.5. The van der Waals surface area contributed by atoms with Crippen molar-refractivity contribution in [2.45, 2.75) is 39.7 Å². The van der Waals surface area contributed by atoms with Crippen LogP contribution in [0.1, 0.15) is 33.6 Å². The maximum atomic E-state index is 5.70. The molecule has 0 spiro atoms. The molecule has 86 valence electrons. The second kappa shape index (κ2) is 9.75. The van der Waals surface area contributed by atoms with Gasteiger partial charge in [0.25, 0.3) is 0 Å². The van der Waals surface area contributed by atoms with E-state index in [9.17, 15) is 0 Å². The van der Waals surface area contributed by atoms with Crippen LogP contribution in [-0.4, -0.2) is 31.7 Å². The Kier molecular flexibility index (Phi) is 9.90. The number of hydrogen-bond acceptors (Lipinski definition) is 2. The van der Waals surface area contributed by atoms with Gasteiger partial charge in [-0.2, -0.15) is 0 Å². The summed E-state index contributed by atoms with van der Waals surface area (Å²) in [7, 11) is 0. The largest absolute Gasteiger partial charge is 0.377 e. The van der Waals surface area contributed by atoms with Crippen molar-refractivity contribution in [3.63, 3.8) is 0 Å². The van der Waals surface area contributed by atoms with Gasteiger partial charge in [0.05, 0.1) is 12.7 Å². The molecule has 0 rings (SSSR count). The minimum absolute atomic E-state index is 0.335. The standard InChI is InChI=1S/C11H24ClNO/c1-4-11(5-6-12)9-13-7-8-14-10(2)3/h10-11,13H,4-9H2,1-3H3. The molecule has 1 N–H and O–H groups in total. The Bertz CT molecular complexity index is 120. The summed E-state index contributed by atoms with van der Waals surface area (Å²) in [5, 5.41) is 3.39. The van der Waals surface area contributed by atoms with Crippen LogP contribution in [0.3, 0.4) is 0 Å². The summed E-state index contributed by atoms with van der Waals surface area (Å²) >= 11 is 5.70. The second-order valence-corrected chi connectivity index (χ2v) is 4.25. The lowest BCUT2D eigenvalue weighted by atomic mass is 10.0. The maximum Gasteiger partial charge on any atom is 0.0594 e. The van der Waals surface area contributed by atoms with Crippen molar-refractivity contribution >= 4 is 11.6 Å². The zero-order valence-electron chi connectivity index (χ0n) is 9.68. The van der Waals surface area contributed by atoms with Crippen molar-refractivity contribution in [3.05, 3.63) is 0 Å². The monoisotopic (exact) mass is 221 g/mol. The molecule has 1 atom stereocenters. The predicted molar refractivity (Wildman–Crippen MR) is 63.1 cm³/mol. The average molecular weight is 222 g/mol. The Morgan fingerprint density at radius 3 is 2.57 bits per heavy atom. The number of rotatable bonds is 9. The van der Waals surface area contributed by atoms with Gasteiger partial charge in [-0.05, 0) is 32.7 Å². The molecule has 0 bridgehead atoms. The van der Waals surface area contributed by atoms with Crippen LogP contribution >= 0.6 is 11.6 Å². The van der Waals surface area contributed by atoms with Crippen LogP contribution in [0.2, 0.25) is 0 Å². The third-order valence-electron chi connectivity index (χ3n) is 2.26. The van der Waals surface area contributed by atoms with Gasteiger partial charge in [0.2, 0.25) is 0 Å². The quantitative estimate of drug-likeness (QED) is 0.478. The third-order valence-corrected chi connectivity index (χ3v) is 2.48. The third kappa shape index (κ3) is 8.79. The predicted octanol–water partition coefficient (Wildman–Crippen LogP) is 2.66. The normalized spacial score (nSPS) is 13.5. The smallest absolute Gasteiger partial charge is 0.0594 e. The molecule has 3 heteroatoms. The molecule has 0 aliphatic carbocycles. The van der Waals surface area contributed by atoms with Crippen LogP contribution in [0.5, 0.6) is 0 Å². The van der Waals surface area contributed by atoms with Gasteiger partial charge in [0.1, 0.15) is 0 Å². The summed E-state index contributed by atoms with van der Waals surface area (Å²) in [6, 6.07) is 0. The molecular formula is C11H24ClNO. The van der Waals surface area contributed by atoms with Gasteiger partial charge in [0, 0.05) is 12.4 Å². The lowest BCUT2D eigenvalue weighted by Gasteiger charge is -2.14. The van der Waals surface area contributed by atoms with E-state index < -0.39 is 0 Å². The first-order chi connectivity index (χ1) is 6.70. The first-order valence-electron chi connectivity index (χ1n) is 5.59. The molecule has 0 saturated heterocycles. The van der Waals surface area contributed by atoms with E-state index in [-0.39, 0.29) is 0 Å². The Morgan fingerprint density at radius 2 is 2.07 bits per heavy atom. The molecule has 0 aliphatic heterocycles. The fourth-order valence-corrected chi connectivity index (χ4v) is 1.59. The van der Waals surface area contributed by atoms with Gasteiger partial charge in [0.15, 0.2) is 0 Å². The van der Waals surface area contributed by atoms with Gasteiger partial charge in [-0.15, -0.1) is 11.6 Å². The fourth-order valence-electron chi connectivity index (χ4n) is 1.28. The van der Waals surface area contributed by atoms with E-state index in [4.69, 9.17) is 16.3 Å².